The van der Waals surface area contributed by atoms with Gasteiger partial charge in [0.15, 0.2) is 18.1 Å². The van der Waals surface area contributed by atoms with Gasteiger partial charge in [0.1, 0.15) is 17.8 Å². The van der Waals surface area contributed by atoms with Crippen molar-refractivity contribution in [3.8, 4) is 11.5 Å². The molecule has 5 rings (SSSR count). The molecule has 40 heavy (non-hydrogen) atoms. The van der Waals surface area contributed by atoms with Crippen LogP contribution in [0, 0.1) is 17.7 Å². The van der Waals surface area contributed by atoms with Gasteiger partial charge in [0, 0.05) is 50.2 Å². The zero-order valence-corrected chi connectivity index (χ0v) is 23.0. The molecule has 10 heteroatoms. The van der Waals surface area contributed by atoms with E-state index >= 15 is 0 Å². The maximum atomic E-state index is 11.8. The van der Waals surface area contributed by atoms with Crippen LogP contribution in [-0.2, 0) is 16.1 Å². The Kier molecular flexibility index (Phi) is 7.59. The van der Waals surface area contributed by atoms with Gasteiger partial charge in [-0.25, -0.2) is 9.78 Å². The molecule has 1 saturated heterocycles. The normalized spacial score (nSPS) is 13.9. The first-order valence-electron chi connectivity index (χ1n) is 13.3. The molecule has 0 atom stereocenters. The van der Waals surface area contributed by atoms with Crippen LogP contribution in [0.5, 0.6) is 11.5 Å². The Bertz CT molecular complexity index is 1600. The minimum atomic E-state index is -0.483. The second-order valence-corrected chi connectivity index (χ2v) is 10.0. The summed E-state index contributed by atoms with van der Waals surface area (Å²) in [5, 5.41) is 17.8. The summed E-state index contributed by atoms with van der Waals surface area (Å²) in [6.07, 6.45) is 1.50. The summed E-state index contributed by atoms with van der Waals surface area (Å²) in [6.45, 7) is 5.57. The number of nitrogen functional groups attached to an aromatic ring is 1. The van der Waals surface area contributed by atoms with Gasteiger partial charge in [0.05, 0.1) is 24.0 Å². The van der Waals surface area contributed by atoms with Gasteiger partial charge < -0.3 is 29.4 Å². The standard InChI is InChI=1S/C30H34N6O4/c1-18(31)35-12-10-21(11-13-35)40-28-15-26-25(14-27(28)39-17-29(37)38-3)34-19(2)36(26)16-20-8-9-24(30(32)33)23-7-5-4-6-22(20)23/h4-9,14-15,21,31H,10-13,16-17H2,1-3H3,(H3,32,33). The van der Waals surface area contributed by atoms with Gasteiger partial charge in [-0.05, 0) is 30.2 Å². The van der Waals surface area contributed by atoms with E-state index in [1.807, 2.05) is 60.4 Å². The topological polar surface area (TPSA) is 140 Å². The largest absolute Gasteiger partial charge is 0.486 e. The van der Waals surface area contributed by atoms with Crippen molar-refractivity contribution in [3.05, 3.63) is 65.5 Å². The van der Waals surface area contributed by atoms with Crippen molar-refractivity contribution in [3.63, 3.8) is 0 Å². The molecule has 0 saturated carbocycles. The monoisotopic (exact) mass is 542 g/mol. The van der Waals surface area contributed by atoms with Crippen LogP contribution in [-0.4, -0.2) is 65.0 Å². The number of methoxy groups -OCH3 is 1. The first-order valence-corrected chi connectivity index (χ1v) is 13.3. The number of aryl methyl sites for hydroxylation is 1. The molecule has 4 N–H and O–H groups in total. The van der Waals surface area contributed by atoms with Crippen LogP contribution in [0.2, 0.25) is 0 Å². The number of piperidine rings is 1. The first kappa shape index (κ1) is 27.0. The molecule has 1 aliphatic rings. The summed E-state index contributed by atoms with van der Waals surface area (Å²) in [7, 11) is 1.32. The van der Waals surface area contributed by atoms with E-state index in [4.69, 9.17) is 35.7 Å². The lowest BCUT2D eigenvalue weighted by Crippen LogP contribution is -2.40. The van der Waals surface area contributed by atoms with Gasteiger partial charge >= 0.3 is 5.97 Å². The quantitative estimate of drug-likeness (QED) is 0.172. The number of esters is 1. The SMILES string of the molecule is COC(=O)COc1cc2nc(C)n(Cc3ccc(C(=N)N)c4ccccc34)c2cc1OC1CCN(C(C)=N)CC1. The highest BCUT2D eigenvalue weighted by molar-refractivity contribution is 6.08. The molecule has 1 aromatic heterocycles. The zero-order chi connectivity index (χ0) is 28.4. The van der Waals surface area contributed by atoms with E-state index in [-0.39, 0.29) is 18.5 Å². The molecule has 0 spiro atoms. The van der Waals surface area contributed by atoms with Crippen LogP contribution in [0.3, 0.4) is 0 Å². The van der Waals surface area contributed by atoms with Crippen molar-refractivity contribution in [2.24, 2.45) is 5.73 Å². The van der Waals surface area contributed by atoms with E-state index in [2.05, 4.69) is 4.57 Å². The smallest absolute Gasteiger partial charge is 0.343 e. The van der Waals surface area contributed by atoms with Crippen molar-refractivity contribution in [2.75, 3.05) is 26.8 Å². The molecule has 0 unspecified atom stereocenters. The number of aromatic nitrogens is 2. The van der Waals surface area contributed by atoms with Gasteiger partial charge in [-0.1, -0.05) is 36.4 Å². The number of rotatable bonds is 8. The minimum absolute atomic E-state index is 0.0369. The highest BCUT2D eigenvalue weighted by atomic mass is 16.6. The van der Waals surface area contributed by atoms with E-state index in [9.17, 15) is 4.79 Å². The number of amidine groups is 2. The predicted molar refractivity (Wildman–Crippen MR) is 155 cm³/mol. The number of carbonyl (C=O) groups excluding carboxylic acids is 1. The molecular weight excluding hydrogens is 508 g/mol. The average molecular weight is 543 g/mol. The highest BCUT2D eigenvalue weighted by Crippen LogP contribution is 2.36. The van der Waals surface area contributed by atoms with E-state index < -0.39 is 5.97 Å². The maximum Gasteiger partial charge on any atom is 0.343 e. The van der Waals surface area contributed by atoms with E-state index in [1.54, 1.807) is 6.92 Å². The van der Waals surface area contributed by atoms with Gasteiger partial charge in [0.25, 0.3) is 0 Å². The number of nitrogens with one attached hydrogen (secondary N) is 2. The van der Waals surface area contributed by atoms with Gasteiger partial charge in [-0.2, -0.15) is 0 Å². The fraction of sp³-hybridized carbons (Fsp3) is 0.333. The predicted octanol–water partition coefficient (Wildman–Crippen LogP) is 4.22. The number of nitrogens with zero attached hydrogens (tertiary/aromatic N) is 3. The molecule has 0 bridgehead atoms. The lowest BCUT2D eigenvalue weighted by molar-refractivity contribution is -0.142. The van der Waals surface area contributed by atoms with Crippen molar-refractivity contribution >= 4 is 39.4 Å². The zero-order valence-electron chi connectivity index (χ0n) is 23.0. The van der Waals surface area contributed by atoms with Gasteiger partial charge in [-0.15, -0.1) is 0 Å². The van der Waals surface area contributed by atoms with Crippen molar-refractivity contribution < 1.29 is 19.0 Å². The Labute approximate surface area is 232 Å². The number of nitrogens with two attached hydrogens (primary N) is 1. The Balaban J connectivity index is 1.52. The number of benzene rings is 3. The maximum absolute atomic E-state index is 11.8. The fourth-order valence-corrected chi connectivity index (χ4v) is 5.25. The molecule has 1 aliphatic heterocycles. The van der Waals surface area contributed by atoms with E-state index in [1.165, 1.54) is 7.11 Å². The van der Waals surface area contributed by atoms with Crippen LogP contribution in [0.25, 0.3) is 21.8 Å². The van der Waals surface area contributed by atoms with Crippen molar-refractivity contribution in [1.29, 1.82) is 10.8 Å². The summed E-state index contributed by atoms with van der Waals surface area (Å²) in [4.78, 5) is 18.7. The highest BCUT2D eigenvalue weighted by Gasteiger charge is 2.24. The molecule has 2 heterocycles. The molecule has 0 amide bonds. The summed E-state index contributed by atoms with van der Waals surface area (Å²) in [6, 6.07) is 15.6. The molecule has 0 aliphatic carbocycles. The summed E-state index contributed by atoms with van der Waals surface area (Å²) < 4.78 is 19.2. The number of hydrogen-bond donors (Lipinski definition) is 3. The lowest BCUT2D eigenvalue weighted by Gasteiger charge is -2.33. The molecule has 3 aromatic carbocycles. The summed E-state index contributed by atoms with van der Waals surface area (Å²) >= 11 is 0. The molecule has 10 nitrogen and oxygen atoms in total. The van der Waals surface area contributed by atoms with Crippen molar-refractivity contribution in [2.45, 2.75) is 39.3 Å². The minimum Gasteiger partial charge on any atom is -0.486 e. The summed E-state index contributed by atoms with van der Waals surface area (Å²) in [5.74, 6) is 1.91. The molecule has 0 radical (unpaired) electrons. The Hall–Kier alpha value is -4.60. The Morgan fingerprint density at radius 2 is 1.80 bits per heavy atom. The van der Waals surface area contributed by atoms with Crippen LogP contribution in [0.1, 0.15) is 36.7 Å². The number of fused-ring (bicyclic) bond motifs is 2. The third-order valence-electron chi connectivity index (χ3n) is 7.42. The van der Waals surface area contributed by atoms with Gasteiger partial charge in [0.2, 0.25) is 0 Å². The Morgan fingerprint density at radius 1 is 1.07 bits per heavy atom. The van der Waals surface area contributed by atoms with Crippen LogP contribution < -0.4 is 15.2 Å². The molecule has 208 valence electrons. The lowest BCUT2D eigenvalue weighted by atomic mass is 9.99. The van der Waals surface area contributed by atoms with Gasteiger partial charge in [-0.3, -0.25) is 10.8 Å². The first-order chi connectivity index (χ1) is 19.2. The third kappa shape index (κ3) is 5.42. The second-order valence-electron chi connectivity index (χ2n) is 10.0. The second kappa shape index (κ2) is 11.3. The fourth-order valence-electron chi connectivity index (χ4n) is 5.25. The Morgan fingerprint density at radius 3 is 2.48 bits per heavy atom. The van der Waals surface area contributed by atoms with Crippen LogP contribution in [0.15, 0.2) is 48.5 Å². The van der Waals surface area contributed by atoms with E-state index in [0.717, 1.165) is 59.1 Å². The number of carbonyl (C=O) groups is 1. The van der Waals surface area contributed by atoms with Crippen LogP contribution >= 0.6 is 0 Å². The van der Waals surface area contributed by atoms with Crippen molar-refractivity contribution in [1.82, 2.24) is 14.5 Å². The molecule has 1 fully saturated rings. The average Bonchev–Trinajstić information content (AvgIpc) is 3.25. The molecule has 4 aromatic rings. The third-order valence-corrected chi connectivity index (χ3v) is 7.42. The van der Waals surface area contributed by atoms with E-state index in [0.29, 0.717) is 29.4 Å². The summed E-state index contributed by atoms with van der Waals surface area (Å²) in [5.41, 5.74) is 9.23. The molecular formula is C30H34N6O4. The number of likely N-dealkylation sites (tertiary alicyclic amines) is 1. The number of ether oxygens (including phenoxy) is 3. The number of imidazole rings is 1. The number of hydrogen-bond acceptors (Lipinski definition) is 7. The van der Waals surface area contributed by atoms with Crippen LogP contribution in [0.4, 0.5) is 0 Å².